The molecule has 1 aromatic heterocycles. The Labute approximate surface area is 132 Å². The van der Waals surface area contributed by atoms with Crippen molar-refractivity contribution in [3.63, 3.8) is 0 Å². The lowest BCUT2D eigenvalue weighted by Crippen LogP contribution is -2.42. The summed E-state index contributed by atoms with van der Waals surface area (Å²) in [5.41, 5.74) is 0. The van der Waals surface area contributed by atoms with Crippen molar-refractivity contribution >= 4 is 34.9 Å². The van der Waals surface area contributed by atoms with Gasteiger partial charge in [0, 0.05) is 25.4 Å². The second-order valence-electron chi connectivity index (χ2n) is 5.39. The van der Waals surface area contributed by atoms with Gasteiger partial charge in [0.15, 0.2) is 0 Å². The van der Waals surface area contributed by atoms with Gasteiger partial charge in [-0.25, -0.2) is 0 Å². The summed E-state index contributed by atoms with van der Waals surface area (Å²) in [5, 5.41) is 8.15. The molecule has 2 fully saturated rings. The summed E-state index contributed by atoms with van der Waals surface area (Å²) < 4.78 is 0. The molecule has 0 spiro atoms. The number of thiophene rings is 1. The first-order chi connectivity index (χ1) is 10.2. The molecular weight excluding hydrogens is 306 g/mol. The van der Waals surface area contributed by atoms with E-state index >= 15 is 0 Å². The van der Waals surface area contributed by atoms with Crippen LogP contribution in [0, 0.1) is 5.92 Å². The number of nitrogens with one attached hydrogen (secondary N) is 2. The molecule has 114 valence electrons. The van der Waals surface area contributed by atoms with Gasteiger partial charge in [0.1, 0.15) is 0 Å². The van der Waals surface area contributed by atoms with Crippen molar-refractivity contribution in [3.8, 4) is 0 Å². The molecule has 3 rings (SSSR count). The molecule has 0 aromatic carbocycles. The number of hydrogen-bond acceptors (Lipinski definition) is 5. The Morgan fingerprint density at radius 2 is 2.38 bits per heavy atom. The molecule has 3 heterocycles. The molecule has 5 nitrogen and oxygen atoms in total. The highest BCUT2D eigenvalue weighted by Gasteiger charge is 2.33. The van der Waals surface area contributed by atoms with Crippen LogP contribution in [-0.2, 0) is 4.79 Å². The van der Waals surface area contributed by atoms with E-state index in [2.05, 4.69) is 10.6 Å². The lowest BCUT2D eigenvalue weighted by atomic mass is 10.0. The van der Waals surface area contributed by atoms with Crippen LogP contribution in [0.25, 0.3) is 0 Å². The van der Waals surface area contributed by atoms with Gasteiger partial charge in [0.25, 0.3) is 5.91 Å². The third-order valence-electron chi connectivity index (χ3n) is 3.88. The maximum atomic E-state index is 12.3. The molecule has 0 saturated carbocycles. The largest absolute Gasteiger partial charge is 0.351 e. The molecule has 2 aliphatic heterocycles. The summed E-state index contributed by atoms with van der Waals surface area (Å²) in [5.74, 6) is 2.39. The lowest BCUT2D eigenvalue weighted by molar-refractivity contribution is -0.131. The van der Waals surface area contributed by atoms with Crippen molar-refractivity contribution in [3.05, 3.63) is 22.4 Å². The van der Waals surface area contributed by atoms with Crippen molar-refractivity contribution in [2.75, 3.05) is 31.3 Å². The summed E-state index contributed by atoms with van der Waals surface area (Å²) >= 11 is 3.25. The van der Waals surface area contributed by atoms with E-state index in [0.29, 0.717) is 12.5 Å². The zero-order valence-corrected chi connectivity index (χ0v) is 13.3. The molecule has 1 aromatic rings. The second-order valence-corrected chi connectivity index (χ2v) is 7.41. The standard InChI is InChI=1S/C14H19N3O2S2/c18-13(12-2-1-4-21-12)16-8-10-6-11(15-7-10)14(19)17-3-5-20-9-17/h1-2,4,10-11,15H,3,5-9H2,(H,16,18)/t10-,11-/m0/s1. The van der Waals surface area contributed by atoms with Gasteiger partial charge in [-0.1, -0.05) is 6.07 Å². The minimum absolute atomic E-state index is 0.0179. The van der Waals surface area contributed by atoms with E-state index in [9.17, 15) is 9.59 Å². The van der Waals surface area contributed by atoms with E-state index in [0.717, 1.165) is 36.0 Å². The van der Waals surface area contributed by atoms with Gasteiger partial charge >= 0.3 is 0 Å². The Balaban J connectivity index is 1.44. The quantitative estimate of drug-likeness (QED) is 0.867. The topological polar surface area (TPSA) is 61.4 Å². The highest BCUT2D eigenvalue weighted by Crippen LogP contribution is 2.20. The number of rotatable bonds is 4. The Hall–Kier alpha value is -1.05. The van der Waals surface area contributed by atoms with Crippen LogP contribution >= 0.6 is 23.1 Å². The van der Waals surface area contributed by atoms with E-state index < -0.39 is 0 Å². The van der Waals surface area contributed by atoms with E-state index in [1.54, 1.807) is 11.8 Å². The normalized spacial score (nSPS) is 25.2. The number of carbonyl (C=O) groups is 2. The van der Waals surface area contributed by atoms with Crippen LogP contribution < -0.4 is 10.6 Å². The molecule has 0 radical (unpaired) electrons. The monoisotopic (exact) mass is 325 g/mol. The number of nitrogens with zero attached hydrogens (tertiary/aromatic N) is 1. The Bertz CT molecular complexity index is 500. The van der Waals surface area contributed by atoms with Gasteiger partial charge in [0.05, 0.1) is 16.8 Å². The Morgan fingerprint density at radius 3 is 3.10 bits per heavy atom. The molecule has 2 atom stereocenters. The molecule has 21 heavy (non-hydrogen) atoms. The molecule has 0 unspecified atom stereocenters. The van der Waals surface area contributed by atoms with Crippen LogP contribution in [0.1, 0.15) is 16.1 Å². The first-order valence-corrected chi connectivity index (χ1v) is 9.19. The predicted octanol–water partition coefficient (Wildman–Crippen LogP) is 0.989. The fraction of sp³-hybridized carbons (Fsp3) is 0.571. The molecule has 0 aliphatic carbocycles. The van der Waals surface area contributed by atoms with Gasteiger partial charge in [-0.15, -0.1) is 23.1 Å². The van der Waals surface area contributed by atoms with Crippen molar-refractivity contribution in [1.29, 1.82) is 0 Å². The van der Waals surface area contributed by atoms with Crippen molar-refractivity contribution in [2.24, 2.45) is 5.92 Å². The fourth-order valence-electron chi connectivity index (χ4n) is 2.69. The summed E-state index contributed by atoms with van der Waals surface area (Å²) in [7, 11) is 0. The summed E-state index contributed by atoms with van der Waals surface area (Å²) in [6.07, 6.45) is 0.810. The number of hydrogen-bond donors (Lipinski definition) is 2. The van der Waals surface area contributed by atoms with Crippen LogP contribution in [0.5, 0.6) is 0 Å². The Kier molecular flexibility index (Phi) is 4.82. The Morgan fingerprint density at radius 1 is 1.48 bits per heavy atom. The molecule has 0 bridgehead atoms. The third-order valence-corrected chi connectivity index (χ3v) is 5.71. The highest BCUT2D eigenvalue weighted by molar-refractivity contribution is 7.99. The van der Waals surface area contributed by atoms with E-state index in [1.807, 2.05) is 22.4 Å². The first kappa shape index (κ1) is 14.9. The fourth-order valence-corrected chi connectivity index (χ4v) is 4.29. The lowest BCUT2D eigenvalue weighted by Gasteiger charge is -2.19. The van der Waals surface area contributed by atoms with E-state index in [1.165, 1.54) is 11.3 Å². The van der Waals surface area contributed by atoms with Gasteiger partial charge in [-0.05, 0) is 23.8 Å². The highest BCUT2D eigenvalue weighted by atomic mass is 32.2. The molecule has 2 amide bonds. The van der Waals surface area contributed by atoms with Crippen LogP contribution in [0.15, 0.2) is 17.5 Å². The van der Waals surface area contributed by atoms with Crippen LogP contribution in [-0.4, -0.2) is 54.0 Å². The average Bonchev–Trinajstić information content (AvgIpc) is 3.26. The van der Waals surface area contributed by atoms with Gasteiger partial charge in [-0.3, -0.25) is 9.59 Å². The van der Waals surface area contributed by atoms with E-state index in [-0.39, 0.29) is 17.9 Å². The molecule has 2 aliphatic rings. The summed E-state index contributed by atoms with van der Waals surface area (Å²) in [4.78, 5) is 26.8. The van der Waals surface area contributed by atoms with Crippen LogP contribution in [0.3, 0.4) is 0 Å². The molecule has 2 saturated heterocycles. The summed E-state index contributed by atoms with van der Waals surface area (Å²) in [6.45, 7) is 2.28. The van der Waals surface area contributed by atoms with Crippen molar-refractivity contribution in [1.82, 2.24) is 15.5 Å². The smallest absolute Gasteiger partial charge is 0.261 e. The third kappa shape index (κ3) is 3.59. The number of carbonyl (C=O) groups excluding carboxylic acids is 2. The maximum absolute atomic E-state index is 12.3. The second kappa shape index (κ2) is 6.81. The molecular formula is C14H19N3O2S2. The minimum atomic E-state index is -0.0765. The summed E-state index contributed by atoms with van der Waals surface area (Å²) in [6, 6.07) is 3.62. The SMILES string of the molecule is O=C(NC[C@@H]1CN[C@H](C(=O)N2CCSC2)C1)c1cccs1. The number of thioether (sulfide) groups is 1. The maximum Gasteiger partial charge on any atom is 0.261 e. The van der Waals surface area contributed by atoms with Gasteiger partial charge in [0.2, 0.25) is 5.91 Å². The minimum Gasteiger partial charge on any atom is -0.351 e. The zero-order chi connectivity index (χ0) is 14.7. The van der Waals surface area contributed by atoms with Crippen LogP contribution in [0.2, 0.25) is 0 Å². The predicted molar refractivity (Wildman–Crippen MR) is 85.6 cm³/mol. The van der Waals surface area contributed by atoms with Crippen molar-refractivity contribution < 1.29 is 9.59 Å². The van der Waals surface area contributed by atoms with Gasteiger partial charge in [-0.2, -0.15) is 0 Å². The first-order valence-electron chi connectivity index (χ1n) is 7.15. The average molecular weight is 325 g/mol. The zero-order valence-electron chi connectivity index (χ0n) is 11.7. The molecule has 7 heteroatoms. The van der Waals surface area contributed by atoms with Crippen LogP contribution in [0.4, 0.5) is 0 Å². The number of amides is 2. The molecule has 2 N–H and O–H groups in total. The van der Waals surface area contributed by atoms with Crippen molar-refractivity contribution in [2.45, 2.75) is 12.5 Å². The van der Waals surface area contributed by atoms with Gasteiger partial charge < -0.3 is 15.5 Å². The van der Waals surface area contributed by atoms with E-state index in [4.69, 9.17) is 0 Å².